The summed E-state index contributed by atoms with van der Waals surface area (Å²) in [4.78, 5) is 0. The molecule has 60 valence electrons. The molecule has 0 aliphatic carbocycles. The van der Waals surface area contributed by atoms with Gasteiger partial charge in [0.1, 0.15) is 4.20 Å². The van der Waals surface area contributed by atoms with Crippen LogP contribution in [0.15, 0.2) is 24.3 Å². The molecule has 1 rings (SSSR count). The molecule has 4 heteroatoms. The minimum Gasteiger partial charge on any atom is -0.398 e. The Hall–Kier alpha value is -0.320. The Bertz CT molecular complexity index is 255. The van der Waals surface area contributed by atoms with E-state index in [1.807, 2.05) is 12.1 Å². The standard InChI is InChI=1S/C7H10N2S2/c8-6-4-2-1-3-5(6)7(9,10)11/h1-4,10-11H,8-9H2. The van der Waals surface area contributed by atoms with Crippen LogP contribution in [0.3, 0.4) is 0 Å². The molecule has 1 aromatic carbocycles. The van der Waals surface area contributed by atoms with E-state index in [0.717, 1.165) is 5.56 Å². The quantitative estimate of drug-likeness (QED) is 0.302. The number of thiol groups is 2. The number of benzene rings is 1. The van der Waals surface area contributed by atoms with Crippen molar-refractivity contribution in [2.24, 2.45) is 5.73 Å². The van der Waals surface area contributed by atoms with E-state index in [2.05, 4.69) is 25.3 Å². The highest BCUT2D eigenvalue weighted by molar-refractivity contribution is 7.99. The average molecular weight is 186 g/mol. The second-order valence-corrected chi connectivity index (χ2v) is 4.08. The van der Waals surface area contributed by atoms with Gasteiger partial charge in [-0.15, -0.1) is 25.3 Å². The van der Waals surface area contributed by atoms with Crippen molar-refractivity contribution in [3.05, 3.63) is 29.8 Å². The Labute approximate surface area is 76.8 Å². The summed E-state index contributed by atoms with van der Waals surface area (Å²) in [6.07, 6.45) is 0. The second kappa shape index (κ2) is 2.97. The summed E-state index contributed by atoms with van der Waals surface area (Å²) in [6, 6.07) is 7.25. The first-order chi connectivity index (χ1) is 5.02. The summed E-state index contributed by atoms with van der Waals surface area (Å²) in [6.45, 7) is 0. The number of nitrogen functional groups attached to an aromatic ring is 1. The lowest BCUT2D eigenvalue weighted by Gasteiger charge is -2.18. The Morgan fingerprint density at radius 3 is 2.09 bits per heavy atom. The summed E-state index contributed by atoms with van der Waals surface area (Å²) in [5, 5.41) is 0. The molecule has 0 radical (unpaired) electrons. The largest absolute Gasteiger partial charge is 0.398 e. The van der Waals surface area contributed by atoms with E-state index < -0.39 is 4.20 Å². The van der Waals surface area contributed by atoms with Gasteiger partial charge in [0.25, 0.3) is 0 Å². The number of hydrogen-bond acceptors (Lipinski definition) is 4. The van der Waals surface area contributed by atoms with Gasteiger partial charge in [-0.2, -0.15) is 0 Å². The third-order valence-corrected chi connectivity index (χ3v) is 1.84. The van der Waals surface area contributed by atoms with Crippen LogP contribution in [0, 0.1) is 0 Å². The minimum absolute atomic E-state index is 0.611. The molecule has 0 unspecified atom stereocenters. The summed E-state index contributed by atoms with van der Waals surface area (Å²) in [7, 11) is 0. The molecular formula is C7H10N2S2. The Morgan fingerprint density at radius 1 is 1.18 bits per heavy atom. The van der Waals surface area contributed by atoms with Crippen molar-refractivity contribution in [1.82, 2.24) is 0 Å². The zero-order valence-corrected chi connectivity index (χ0v) is 7.65. The van der Waals surface area contributed by atoms with Crippen molar-refractivity contribution in [2.75, 3.05) is 5.73 Å². The van der Waals surface area contributed by atoms with Gasteiger partial charge in [0.15, 0.2) is 0 Å². The molecule has 0 atom stereocenters. The summed E-state index contributed by atoms with van der Waals surface area (Å²) in [5.41, 5.74) is 12.6. The van der Waals surface area contributed by atoms with E-state index in [0.29, 0.717) is 5.69 Å². The summed E-state index contributed by atoms with van der Waals surface area (Å²) >= 11 is 8.15. The Morgan fingerprint density at radius 2 is 1.73 bits per heavy atom. The number of rotatable bonds is 1. The third kappa shape index (κ3) is 2.05. The van der Waals surface area contributed by atoms with Crippen LogP contribution >= 0.6 is 25.3 Å². The average Bonchev–Trinajstić information content (AvgIpc) is 1.86. The van der Waals surface area contributed by atoms with Crippen molar-refractivity contribution >= 4 is 30.9 Å². The van der Waals surface area contributed by atoms with Crippen LogP contribution in [-0.4, -0.2) is 0 Å². The fraction of sp³-hybridized carbons (Fsp3) is 0.143. The van der Waals surface area contributed by atoms with E-state index >= 15 is 0 Å². The molecule has 4 N–H and O–H groups in total. The first-order valence-corrected chi connectivity index (χ1v) is 4.00. The highest BCUT2D eigenvalue weighted by Crippen LogP contribution is 2.30. The minimum atomic E-state index is -0.953. The Kier molecular flexibility index (Phi) is 2.37. The van der Waals surface area contributed by atoms with Crippen LogP contribution in [0.2, 0.25) is 0 Å². The first kappa shape index (κ1) is 8.77. The van der Waals surface area contributed by atoms with Gasteiger partial charge in [-0.3, -0.25) is 0 Å². The topological polar surface area (TPSA) is 52.0 Å². The lowest BCUT2D eigenvalue weighted by Crippen LogP contribution is -2.23. The monoisotopic (exact) mass is 186 g/mol. The molecule has 0 aliphatic rings. The zero-order valence-electron chi connectivity index (χ0n) is 5.86. The van der Waals surface area contributed by atoms with Crippen molar-refractivity contribution in [1.29, 1.82) is 0 Å². The molecule has 0 aliphatic heterocycles. The molecular weight excluding hydrogens is 176 g/mol. The smallest absolute Gasteiger partial charge is 0.131 e. The van der Waals surface area contributed by atoms with Crippen molar-refractivity contribution in [3.63, 3.8) is 0 Å². The van der Waals surface area contributed by atoms with Crippen molar-refractivity contribution < 1.29 is 0 Å². The number of para-hydroxylation sites is 1. The number of nitrogens with two attached hydrogens (primary N) is 2. The van der Waals surface area contributed by atoms with Crippen LogP contribution in [0.5, 0.6) is 0 Å². The van der Waals surface area contributed by atoms with Crippen LogP contribution in [0.1, 0.15) is 5.56 Å². The number of anilines is 1. The SMILES string of the molecule is Nc1ccccc1C(N)(S)S. The fourth-order valence-electron chi connectivity index (χ4n) is 0.832. The van der Waals surface area contributed by atoms with E-state index in [4.69, 9.17) is 11.5 Å². The predicted molar refractivity (Wildman–Crippen MR) is 54.7 cm³/mol. The summed E-state index contributed by atoms with van der Waals surface area (Å²) < 4.78 is -0.953. The van der Waals surface area contributed by atoms with E-state index in [1.54, 1.807) is 12.1 Å². The molecule has 2 nitrogen and oxygen atoms in total. The molecule has 0 amide bonds. The molecule has 0 spiro atoms. The van der Waals surface area contributed by atoms with Crippen LogP contribution in [-0.2, 0) is 4.20 Å². The first-order valence-electron chi connectivity index (χ1n) is 3.10. The third-order valence-electron chi connectivity index (χ3n) is 1.36. The molecule has 11 heavy (non-hydrogen) atoms. The summed E-state index contributed by atoms with van der Waals surface area (Å²) in [5.74, 6) is 0. The maximum atomic E-state index is 5.63. The number of hydrogen-bond donors (Lipinski definition) is 4. The molecule has 0 bridgehead atoms. The highest BCUT2D eigenvalue weighted by Gasteiger charge is 2.18. The van der Waals surface area contributed by atoms with Gasteiger partial charge in [-0.05, 0) is 6.07 Å². The van der Waals surface area contributed by atoms with Gasteiger partial charge in [-0.25, -0.2) is 0 Å². The molecule has 1 aromatic rings. The van der Waals surface area contributed by atoms with Crippen LogP contribution in [0.25, 0.3) is 0 Å². The van der Waals surface area contributed by atoms with Gasteiger partial charge < -0.3 is 11.5 Å². The van der Waals surface area contributed by atoms with Gasteiger partial charge in [-0.1, -0.05) is 18.2 Å². The van der Waals surface area contributed by atoms with E-state index in [-0.39, 0.29) is 0 Å². The zero-order chi connectivity index (χ0) is 8.48. The molecule has 0 saturated carbocycles. The molecule has 0 fully saturated rings. The normalized spacial score (nSPS) is 11.5. The fourth-order valence-corrected chi connectivity index (χ4v) is 1.24. The van der Waals surface area contributed by atoms with E-state index in [9.17, 15) is 0 Å². The molecule has 0 saturated heterocycles. The predicted octanol–water partition coefficient (Wildman–Crippen LogP) is 1.20. The Balaban J connectivity index is 3.14. The maximum Gasteiger partial charge on any atom is 0.131 e. The van der Waals surface area contributed by atoms with Gasteiger partial charge >= 0.3 is 0 Å². The lowest BCUT2D eigenvalue weighted by molar-refractivity contribution is 0.973. The highest BCUT2D eigenvalue weighted by atomic mass is 32.2. The van der Waals surface area contributed by atoms with Gasteiger partial charge in [0, 0.05) is 11.3 Å². The van der Waals surface area contributed by atoms with Crippen molar-refractivity contribution in [2.45, 2.75) is 4.20 Å². The van der Waals surface area contributed by atoms with Crippen LogP contribution < -0.4 is 11.5 Å². The second-order valence-electron chi connectivity index (χ2n) is 2.31. The van der Waals surface area contributed by atoms with E-state index in [1.165, 1.54) is 0 Å². The van der Waals surface area contributed by atoms with Gasteiger partial charge in [0.05, 0.1) is 0 Å². The lowest BCUT2D eigenvalue weighted by atomic mass is 10.2. The maximum absolute atomic E-state index is 5.63. The molecule has 0 aromatic heterocycles. The van der Waals surface area contributed by atoms with Crippen LogP contribution in [0.4, 0.5) is 5.69 Å². The van der Waals surface area contributed by atoms with Gasteiger partial charge in [0.2, 0.25) is 0 Å². The molecule has 0 heterocycles. The van der Waals surface area contributed by atoms with Crippen molar-refractivity contribution in [3.8, 4) is 0 Å².